The number of hydrogen-bond donors (Lipinski definition) is 3. The molecule has 0 fully saturated rings. The molecule has 0 aromatic heterocycles. The maximum Gasteiger partial charge on any atom is 0.263 e. The highest BCUT2D eigenvalue weighted by Gasteiger charge is 2.14. The summed E-state index contributed by atoms with van der Waals surface area (Å²) >= 11 is 0. The first-order chi connectivity index (χ1) is 13.2. The van der Waals surface area contributed by atoms with E-state index in [1.807, 2.05) is 36.4 Å². The molecule has 7 nitrogen and oxygen atoms in total. The van der Waals surface area contributed by atoms with Crippen molar-refractivity contribution in [3.8, 4) is 17.6 Å². The zero-order valence-corrected chi connectivity index (χ0v) is 14.7. The van der Waals surface area contributed by atoms with Crippen LogP contribution in [-0.2, 0) is 24.4 Å². The second-order valence-electron chi connectivity index (χ2n) is 5.95. The molecule has 0 radical (unpaired) electrons. The van der Waals surface area contributed by atoms with Gasteiger partial charge in [-0.2, -0.15) is 5.26 Å². The molecule has 4 N–H and O–H groups in total. The van der Waals surface area contributed by atoms with Crippen LogP contribution in [0.5, 0.6) is 11.5 Å². The number of benzene rings is 2. The van der Waals surface area contributed by atoms with Crippen LogP contribution in [0.4, 0.5) is 0 Å². The summed E-state index contributed by atoms with van der Waals surface area (Å²) in [4.78, 5) is 12.2. The lowest BCUT2D eigenvalue weighted by Crippen LogP contribution is -2.25. The van der Waals surface area contributed by atoms with E-state index >= 15 is 0 Å². The van der Waals surface area contributed by atoms with Crippen molar-refractivity contribution in [3.05, 3.63) is 70.9 Å². The number of hydrogen-bond acceptors (Lipinski definition) is 6. The van der Waals surface area contributed by atoms with Crippen LogP contribution in [0, 0.1) is 11.3 Å². The smallest absolute Gasteiger partial charge is 0.263 e. The van der Waals surface area contributed by atoms with E-state index < -0.39 is 5.91 Å². The van der Waals surface area contributed by atoms with Crippen molar-refractivity contribution in [2.45, 2.75) is 19.6 Å². The fourth-order valence-electron chi connectivity index (χ4n) is 2.61. The highest BCUT2D eigenvalue weighted by Crippen LogP contribution is 2.32. The summed E-state index contributed by atoms with van der Waals surface area (Å²) in [6.45, 7) is 1.45. The van der Waals surface area contributed by atoms with E-state index in [1.165, 1.54) is 6.20 Å². The van der Waals surface area contributed by atoms with Crippen LogP contribution in [0.2, 0.25) is 0 Å². The molecule has 0 spiro atoms. The van der Waals surface area contributed by atoms with Gasteiger partial charge in [-0.1, -0.05) is 30.3 Å². The number of nitriles is 1. The Hall–Kier alpha value is -3.50. The Labute approximate surface area is 157 Å². The maximum atomic E-state index is 12.2. The first-order valence-corrected chi connectivity index (χ1v) is 8.48. The van der Waals surface area contributed by atoms with Gasteiger partial charge in [-0.15, -0.1) is 0 Å². The molecule has 7 heteroatoms. The van der Waals surface area contributed by atoms with Crippen LogP contribution in [0.15, 0.2) is 54.2 Å². The molecule has 1 aliphatic rings. The van der Waals surface area contributed by atoms with Crippen molar-refractivity contribution in [2.24, 2.45) is 5.73 Å². The van der Waals surface area contributed by atoms with E-state index in [0.717, 1.165) is 16.7 Å². The van der Waals surface area contributed by atoms with Crippen LogP contribution in [0.3, 0.4) is 0 Å². The van der Waals surface area contributed by atoms with Crippen molar-refractivity contribution < 1.29 is 14.3 Å². The Morgan fingerprint density at radius 3 is 2.70 bits per heavy atom. The molecule has 1 aliphatic heterocycles. The van der Waals surface area contributed by atoms with Gasteiger partial charge in [-0.05, 0) is 28.8 Å². The van der Waals surface area contributed by atoms with Gasteiger partial charge in [0.2, 0.25) is 6.79 Å². The zero-order valence-electron chi connectivity index (χ0n) is 14.7. The third-order valence-electron chi connectivity index (χ3n) is 4.03. The van der Waals surface area contributed by atoms with Crippen molar-refractivity contribution in [2.75, 3.05) is 6.79 Å². The molecule has 0 atom stereocenters. The molecule has 3 rings (SSSR count). The summed E-state index contributed by atoms with van der Waals surface area (Å²) in [5.74, 6) is 0.892. The van der Waals surface area contributed by atoms with Gasteiger partial charge in [0.05, 0.1) is 0 Å². The number of ether oxygens (including phenoxy) is 2. The summed E-state index contributed by atoms with van der Waals surface area (Å²) in [5.41, 5.74) is 8.54. The number of nitrogens with one attached hydrogen (secondary N) is 2. The molecule has 2 aromatic carbocycles. The highest BCUT2D eigenvalue weighted by molar-refractivity contribution is 5.97. The van der Waals surface area contributed by atoms with E-state index in [9.17, 15) is 10.1 Å². The van der Waals surface area contributed by atoms with Gasteiger partial charge in [0.15, 0.2) is 11.5 Å². The second kappa shape index (κ2) is 8.74. The van der Waals surface area contributed by atoms with E-state index in [1.54, 1.807) is 12.1 Å². The molecule has 27 heavy (non-hydrogen) atoms. The number of carbonyl (C=O) groups excluding carboxylic acids is 1. The van der Waals surface area contributed by atoms with Gasteiger partial charge in [0, 0.05) is 25.8 Å². The largest absolute Gasteiger partial charge is 0.454 e. The van der Waals surface area contributed by atoms with Gasteiger partial charge in [-0.3, -0.25) is 4.79 Å². The molecule has 1 amide bonds. The van der Waals surface area contributed by atoms with E-state index in [4.69, 9.17) is 15.2 Å². The molecular weight excluding hydrogens is 344 g/mol. The zero-order chi connectivity index (χ0) is 19.1. The van der Waals surface area contributed by atoms with Crippen LogP contribution in [0.25, 0.3) is 0 Å². The SMILES string of the molecule is N#C/C(=C/NCc1cccc(CN)c1)C(=O)NCc1ccc2c(c1)OCO2. The van der Waals surface area contributed by atoms with E-state index in [0.29, 0.717) is 24.6 Å². The average Bonchev–Trinajstić information content (AvgIpc) is 3.17. The first-order valence-electron chi connectivity index (χ1n) is 8.48. The Morgan fingerprint density at radius 1 is 1.11 bits per heavy atom. The predicted molar refractivity (Wildman–Crippen MR) is 99.3 cm³/mol. The number of amides is 1. The van der Waals surface area contributed by atoms with Gasteiger partial charge >= 0.3 is 0 Å². The number of nitrogens with two attached hydrogens (primary N) is 1. The Balaban J connectivity index is 1.54. The Kier molecular flexibility index (Phi) is 5.92. The summed E-state index contributed by atoms with van der Waals surface area (Å²) in [5, 5.41) is 14.9. The van der Waals surface area contributed by atoms with Gasteiger partial charge in [-0.25, -0.2) is 0 Å². The van der Waals surface area contributed by atoms with Gasteiger partial charge < -0.3 is 25.8 Å². The fourth-order valence-corrected chi connectivity index (χ4v) is 2.61. The second-order valence-corrected chi connectivity index (χ2v) is 5.95. The topological polar surface area (TPSA) is 109 Å². The quantitative estimate of drug-likeness (QED) is 0.509. The maximum absolute atomic E-state index is 12.2. The predicted octanol–water partition coefficient (Wildman–Crippen LogP) is 1.69. The van der Waals surface area contributed by atoms with Gasteiger partial charge in [0.25, 0.3) is 5.91 Å². The minimum absolute atomic E-state index is 0.00530. The molecule has 138 valence electrons. The minimum atomic E-state index is -0.446. The summed E-state index contributed by atoms with van der Waals surface area (Å²) in [6, 6.07) is 15.1. The molecule has 0 saturated heterocycles. The number of carbonyl (C=O) groups is 1. The Bertz CT molecular complexity index is 902. The summed E-state index contributed by atoms with van der Waals surface area (Å²) < 4.78 is 10.6. The van der Waals surface area contributed by atoms with E-state index in [2.05, 4.69) is 10.6 Å². The number of nitrogens with zero attached hydrogens (tertiary/aromatic N) is 1. The monoisotopic (exact) mass is 364 g/mol. The Morgan fingerprint density at radius 2 is 1.89 bits per heavy atom. The average molecular weight is 364 g/mol. The first kappa shape index (κ1) is 18.3. The molecule has 0 unspecified atom stereocenters. The van der Waals surface area contributed by atoms with E-state index in [-0.39, 0.29) is 18.9 Å². The number of rotatable bonds is 7. The van der Waals surface area contributed by atoms with Crippen molar-refractivity contribution >= 4 is 5.91 Å². The fraction of sp³-hybridized carbons (Fsp3) is 0.200. The minimum Gasteiger partial charge on any atom is -0.454 e. The molecule has 2 aromatic rings. The van der Waals surface area contributed by atoms with Crippen LogP contribution in [0.1, 0.15) is 16.7 Å². The van der Waals surface area contributed by atoms with Crippen molar-refractivity contribution in [3.63, 3.8) is 0 Å². The van der Waals surface area contributed by atoms with Crippen molar-refractivity contribution in [1.29, 1.82) is 5.26 Å². The normalized spacial score (nSPS) is 12.4. The third kappa shape index (κ3) is 4.77. The van der Waals surface area contributed by atoms with Crippen LogP contribution in [-0.4, -0.2) is 12.7 Å². The molecular formula is C20H20N4O3. The van der Waals surface area contributed by atoms with Crippen molar-refractivity contribution in [1.82, 2.24) is 10.6 Å². The lowest BCUT2D eigenvalue weighted by atomic mass is 10.1. The van der Waals surface area contributed by atoms with Crippen LogP contribution >= 0.6 is 0 Å². The lowest BCUT2D eigenvalue weighted by molar-refractivity contribution is -0.117. The molecule has 1 heterocycles. The number of fused-ring (bicyclic) bond motifs is 1. The molecule has 0 aliphatic carbocycles. The molecule has 0 bridgehead atoms. The van der Waals surface area contributed by atoms with Gasteiger partial charge in [0.1, 0.15) is 11.6 Å². The lowest BCUT2D eigenvalue weighted by Gasteiger charge is -2.07. The summed E-state index contributed by atoms with van der Waals surface area (Å²) in [7, 11) is 0. The summed E-state index contributed by atoms with van der Waals surface area (Å²) in [6.07, 6.45) is 1.42. The third-order valence-corrected chi connectivity index (χ3v) is 4.03. The standard InChI is InChI=1S/C20H20N4O3/c21-8-14-2-1-3-15(6-14)10-23-12-17(9-22)20(25)24-11-16-4-5-18-19(7-16)27-13-26-18/h1-7,12,23H,8,10-11,13,21H2,(H,24,25)/b17-12-. The van der Waals surface area contributed by atoms with Crippen LogP contribution < -0.4 is 25.8 Å². The molecule has 0 saturated carbocycles. The highest BCUT2D eigenvalue weighted by atomic mass is 16.7.